The number of hydrogen-bond donors (Lipinski definition) is 1. The molecule has 1 aliphatic rings. The number of aromatic amines is 1. The topological polar surface area (TPSA) is 77.0 Å². The molecule has 46 heavy (non-hydrogen) atoms. The van der Waals surface area contributed by atoms with E-state index >= 15 is 0 Å². The summed E-state index contributed by atoms with van der Waals surface area (Å²) in [5.41, 5.74) is 6.87. The number of fused-ring (bicyclic) bond motifs is 1. The van der Waals surface area contributed by atoms with Crippen LogP contribution >= 0.6 is 0 Å². The normalized spacial score (nSPS) is 14.6. The molecule has 3 aromatic carbocycles. The molecular formula is C38H38F3N3O2. The van der Waals surface area contributed by atoms with Crippen molar-refractivity contribution in [1.82, 2.24) is 9.88 Å². The highest BCUT2D eigenvalue weighted by Crippen LogP contribution is 2.35. The van der Waals surface area contributed by atoms with Gasteiger partial charge >= 0.3 is 6.18 Å². The van der Waals surface area contributed by atoms with Gasteiger partial charge in [0.2, 0.25) is 0 Å². The molecule has 0 saturated heterocycles. The number of rotatable bonds is 13. The van der Waals surface area contributed by atoms with Crippen LogP contribution in [0.5, 0.6) is 0 Å². The van der Waals surface area contributed by atoms with Gasteiger partial charge < -0.3 is 9.88 Å². The van der Waals surface area contributed by atoms with Gasteiger partial charge in [-0.25, -0.2) is 0 Å². The number of benzene rings is 3. The molecule has 1 amide bonds. The minimum Gasteiger partial charge on any atom is -0.367 e. The molecule has 2 heterocycles. The average Bonchev–Trinajstić information content (AvgIpc) is 3.52. The van der Waals surface area contributed by atoms with Crippen molar-refractivity contribution in [3.63, 3.8) is 0 Å². The van der Waals surface area contributed by atoms with Crippen LogP contribution in [-0.4, -0.2) is 28.1 Å². The first-order valence-corrected chi connectivity index (χ1v) is 15.9. The van der Waals surface area contributed by atoms with Gasteiger partial charge in [0.15, 0.2) is 0 Å². The summed E-state index contributed by atoms with van der Waals surface area (Å²) in [5.74, 6) is 0.124. The van der Waals surface area contributed by atoms with Crippen molar-refractivity contribution in [3.8, 4) is 6.07 Å². The van der Waals surface area contributed by atoms with Gasteiger partial charge in [0.25, 0.3) is 5.91 Å². The van der Waals surface area contributed by atoms with Crippen LogP contribution in [0.2, 0.25) is 0 Å². The molecule has 1 aromatic heterocycles. The quantitative estimate of drug-likeness (QED) is 0.162. The molecule has 0 saturated carbocycles. The summed E-state index contributed by atoms with van der Waals surface area (Å²) in [5, 5.41) is 9.26. The lowest BCUT2D eigenvalue weighted by Gasteiger charge is -2.37. The lowest BCUT2D eigenvalue weighted by atomic mass is 9.87. The Hall–Kier alpha value is -4.64. The third-order valence-electron chi connectivity index (χ3n) is 8.93. The first-order valence-electron chi connectivity index (χ1n) is 15.9. The minimum absolute atomic E-state index is 0.00890. The molecule has 1 N–H and O–H groups in total. The summed E-state index contributed by atoms with van der Waals surface area (Å²) in [6.45, 7) is 2.69. The number of Topliss-reactive ketones (excluding diaryl/α,β-unsaturated/α-hetero) is 1. The number of nitrogens with one attached hydrogen (secondary N) is 1. The maximum atomic E-state index is 14.0. The second-order valence-corrected chi connectivity index (χ2v) is 12.0. The molecule has 5 rings (SSSR count). The molecule has 238 valence electrons. The van der Waals surface area contributed by atoms with Gasteiger partial charge in [-0.2, -0.15) is 18.4 Å². The number of nitriles is 1. The van der Waals surface area contributed by atoms with E-state index in [1.807, 2.05) is 47.6 Å². The Balaban J connectivity index is 1.20. The minimum atomic E-state index is -4.35. The molecule has 0 spiro atoms. The van der Waals surface area contributed by atoms with Gasteiger partial charge in [0, 0.05) is 37.3 Å². The zero-order chi connectivity index (χ0) is 32.7. The first-order chi connectivity index (χ1) is 22.2. The zero-order valence-corrected chi connectivity index (χ0v) is 26.0. The first kappa shape index (κ1) is 32.7. The Labute approximate surface area is 268 Å². The monoisotopic (exact) mass is 625 g/mol. The number of aromatic nitrogens is 1. The summed E-state index contributed by atoms with van der Waals surface area (Å²) in [6, 6.07) is 20.7. The van der Waals surface area contributed by atoms with Gasteiger partial charge in [-0.05, 0) is 109 Å². The van der Waals surface area contributed by atoms with E-state index in [0.717, 1.165) is 47.2 Å². The lowest BCUT2D eigenvalue weighted by molar-refractivity contribution is -0.137. The van der Waals surface area contributed by atoms with Gasteiger partial charge in [-0.15, -0.1) is 0 Å². The lowest BCUT2D eigenvalue weighted by Crippen LogP contribution is -2.41. The number of alkyl halides is 3. The molecule has 0 fully saturated rings. The van der Waals surface area contributed by atoms with E-state index in [2.05, 4.69) is 18.0 Å². The third-order valence-corrected chi connectivity index (χ3v) is 8.93. The van der Waals surface area contributed by atoms with E-state index in [4.69, 9.17) is 0 Å². The van der Waals surface area contributed by atoms with E-state index in [0.29, 0.717) is 62.6 Å². The predicted molar refractivity (Wildman–Crippen MR) is 171 cm³/mol. The highest BCUT2D eigenvalue weighted by molar-refractivity contribution is 5.97. The molecule has 0 radical (unpaired) electrons. The number of carbonyl (C=O) groups excluding carboxylic acids is 2. The maximum absolute atomic E-state index is 14.0. The second-order valence-electron chi connectivity index (χ2n) is 12.0. The van der Waals surface area contributed by atoms with E-state index in [9.17, 15) is 28.0 Å². The highest BCUT2D eigenvalue weighted by Gasteiger charge is 2.33. The maximum Gasteiger partial charge on any atom is 0.416 e. The van der Waals surface area contributed by atoms with Gasteiger partial charge in [-0.1, -0.05) is 43.3 Å². The summed E-state index contributed by atoms with van der Waals surface area (Å²) in [4.78, 5) is 31.7. The van der Waals surface area contributed by atoms with E-state index < -0.39 is 11.7 Å². The third kappa shape index (κ3) is 7.95. The fourth-order valence-electron chi connectivity index (χ4n) is 6.30. The van der Waals surface area contributed by atoms with Crippen LogP contribution in [0.3, 0.4) is 0 Å². The highest BCUT2D eigenvalue weighted by atomic mass is 19.4. The average molecular weight is 626 g/mol. The van der Waals surface area contributed by atoms with Crippen molar-refractivity contribution in [2.75, 3.05) is 6.54 Å². The fourth-order valence-corrected chi connectivity index (χ4v) is 6.30. The van der Waals surface area contributed by atoms with Crippen LogP contribution in [0.4, 0.5) is 13.2 Å². The molecule has 0 aliphatic carbocycles. The van der Waals surface area contributed by atoms with Crippen LogP contribution in [0.25, 0.3) is 0 Å². The number of ketones is 1. The summed E-state index contributed by atoms with van der Waals surface area (Å²) >= 11 is 0. The Morgan fingerprint density at radius 3 is 2.22 bits per heavy atom. The number of carbonyl (C=O) groups is 2. The van der Waals surface area contributed by atoms with E-state index in [1.165, 1.54) is 23.3 Å². The number of H-pyrrole nitrogens is 1. The van der Waals surface area contributed by atoms with Crippen LogP contribution in [-0.2, 0) is 43.1 Å². The van der Waals surface area contributed by atoms with Crippen molar-refractivity contribution < 1.29 is 22.8 Å². The Bertz CT molecular complexity index is 1700. The Morgan fingerprint density at radius 1 is 0.913 bits per heavy atom. The SMILES string of the molecule is CCc1c[nH]cc1CCN1C(=O)c2cc(CCCC(=O)CCCc3ccc(C(F)(F)F)cc3)ccc2CC1c1ccc(C#N)cc1. The van der Waals surface area contributed by atoms with Crippen LogP contribution < -0.4 is 0 Å². The van der Waals surface area contributed by atoms with Crippen molar-refractivity contribution in [2.45, 2.75) is 76.9 Å². The molecular weight excluding hydrogens is 587 g/mol. The van der Waals surface area contributed by atoms with Crippen LogP contribution in [0.15, 0.2) is 79.1 Å². The number of halogens is 3. The number of hydrogen-bond acceptors (Lipinski definition) is 3. The standard InChI is InChI=1S/C38H38F3N3O2/c1-2-29-24-43-25-32(29)19-20-44-36(30-14-10-28(23-42)11-15-30)22-31-16-9-27(21-35(31)37(44)46)6-4-8-34(45)7-3-5-26-12-17-33(18-13-26)38(39,40)41/h9-18,21,24-25,36,43H,2-8,19-20,22H2,1H3. The van der Waals surface area contributed by atoms with Crippen molar-refractivity contribution in [3.05, 3.63) is 129 Å². The zero-order valence-electron chi connectivity index (χ0n) is 26.0. The molecule has 1 aliphatic heterocycles. The van der Waals surface area contributed by atoms with Crippen molar-refractivity contribution >= 4 is 11.7 Å². The number of aryl methyl sites for hydroxylation is 3. The fraction of sp³-hybridized carbons (Fsp3) is 0.342. The summed E-state index contributed by atoms with van der Waals surface area (Å²) < 4.78 is 38.3. The van der Waals surface area contributed by atoms with Crippen molar-refractivity contribution in [2.24, 2.45) is 0 Å². The summed E-state index contributed by atoms with van der Waals surface area (Å²) in [7, 11) is 0. The Kier molecular flexibility index (Phi) is 10.4. The van der Waals surface area contributed by atoms with Gasteiger partial charge in [-0.3, -0.25) is 9.59 Å². The molecule has 5 nitrogen and oxygen atoms in total. The van der Waals surface area contributed by atoms with Crippen molar-refractivity contribution in [1.29, 1.82) is 5.26 Å². The molecule has 1 atom stereocenters. The summed E-state index contributed by atoms with van der Waals surface area (Å²) in [6.07, 6.45) is 5.29. The van der Waals surface area contributed by atoms with Crippen LogP contribution in [0.1, 0.15) is 93.5 Å². The number of nitrogens with zero attached hydrogens (tertiary/aromatic N) is 2. The molecule has 8 heteroatoms. The molecule has 4 aromatic rings. The molecule has 1 unspecified atom stereocenters. The second kappa shape index (κ2) is 14.6. The smallest absolute Gasteiger partial charge is 0.367 e. The molecule has 0 bridgehead atoms. The number of amides is 1. The van der Waals surface area contributed by atoms with Gasteiger partial charge in [0.1, 0.15) is 5.78 Å². The van der Waals surface area contributed by atoms with E-state index in [1.54, 1.807) is 12.1 Å². The van der Waals surface area contributed by atoms with Gasteiger partial charge in [0.05, 0.1) is 23.2 Å². The predicted octanol–water partition coefficient (Wildman–Crippen LogP) is 8.36. The van der Waals surface area contributed by atoms with E-state index in [-0.39, 0.29) is 17.7 Å². The Morgan fingerprint density at radius 2 is 1.57 bits per heavy atom. The largest absolute Gasteiger partial charge is 0.416 e. The van der Waals surface area contributed by atoms with Crippen LogP contribution in [0, 0.1) is 11.3 Å².